The maximum atomic E-state index is 9.43. The van der Waals surface area contributed by atoms with E-state index in [0.717, 1.165) is 48.5 Å². The van der Waals surface area contributed by atoms with Gasteiger partial charge in [0.25, 0.3) is 0 Å². The van der Waals surface area contributed by atoms with E-state index in [2.05, 4.69) is 75.5 Å². The summed E-state index contributed by atoms with van der Waals surface area (Å²) < 4.78 is 0. The Morgan fingerprint density at radius 2 is 1.58 bits per heavy atom. The standard InChI is InChI=1S/C23H30N4.C4H10/c1-16(2)19-7-9-27(10-8-19)15-18-13-25-23(26-14-18)22-11-20(17(3)4)5-6-21(22)12-24;1-4(2)3/h5-6,11,13-14,16-17,19H,7-10,15H2,1-4H3;4H,1-3H3. The number of hydrogen-bond donors (Lipinski definition) is 0. The average molecular weight is 421 g/mol. The van der Waals surface area contributed by atoms with E-state index >= 15 is 0 Å². The highest BCUT2D eigenvalue weighted by Gasteiger charge is 2.21. The predicted octanol–water partition coefficient (Wildman–Crippen LogP) is 6.67. The first kappa shape index (κ1) is 25.0. The lowest BCUT2D eigenvalue weighted by Gasteiger charge is -2.33. The molecule has 2 heterocycles. The normalized spacial score (nSPS) is 15.1. The second-order valence-corrected chi connectivity index (χ2v) is 10.1. The Hall–Kier alpha value is -2.25. The van der Waals surface area contributed by atoms with Crippen molar-refractivity contribution in [3.05, 3.63) is 47.3 Å². The van der Waals surface area contributed by atoms with Crippen molar-refractivity contribution in [3.8, 4) is 17.5 Å². The van der Waals surface area contributed by atoms with E-state index in [9.17, 15) is 5.26 Å². The van der Waals surface area contributed by atoms with Crippen LogP contribution in [0.25, 0.3) is 11.4 Å². The number of rotatable bonds is 5. The third-order valence-electron chi connectivity index (χ3n) is 5.76. The molecule has 0 spiro atoms. The molecular weight excluding hydrogens is 380 g/mol. The second kappa shape index (κ2) is 12.0. The molecule has 3 rings (SSSR count). The van der Waals surface area contributed by atoms with Crippen LogP contribution in [0.1, 0.15) is 83.9 Å². The number of benzene rings is 1. The summed E-state index contributed by atoms with van der Waals surface area (Å²) in [5, 5.41) is 9.43. The van der Waals surface area contributed by atoms with Crippen LogP contribution in [0.3, 0.4) is 0 Å². The zero-order valence-electron chi connectivity index (χ0n) is 20.5. The summed E-state index contributed by atoms with van der Waals surface area (Å²) in [5.74, 6) is 3.52. The topological polar surface area (TPSA) is 52.8 Å². The zero-order valence-corrected chi connectivity index (χ0v) is 20.5. The van der Waals surface area contributed by atoms with Gasteiger partial charge in [0, 0.05) is 30.1 Å². The van der Waals surface area contributed by atoms with Crippen LogP contribution >= 0.6 is 0 Å². The highest BCUT2D eigenvalue weighted by Crippen LogP contribution is 2.27. The highest BCUT2D eigenvalue weighted by atomic mass is 15.1. The molecule has 0 aliphatic carbocycles. The molecule has 168 valence electrons. The second-order valence-electron chi connectivity index (χ2n) is 10.1. The number of hydrogen-bond acceptors (Lipinski definition) is 4. The molecule has 4 heteroatoms. The van der Waals surface area contributed by atoms with E-state index in [0.29, 0.717) is 17.3 Å². The largest absolute Gasteiger partial charge is 0.299 e. The van der Waals surface area contributed by atoms with Crippen LogP contribution < -0.4 is 0 Å². The number of aromatic nitrogens is 2. The minimum Gasteiger partial charge on any atom is -0.299 e. The minimum atomic E-state index is 0.407. The van der Waals surface area contributed by atoms with E-state index in [-0.39, 0.29) is 0 Å². The van der Waals surface area contributed by atoms with E-state index in [4.69, 9.17) is 0 Å². The fraction of sp³-hybridized carbons (Fsp3) is 0.593. The Labute approximate surface area is 189 Å². The molecule has 1 fully saturated rings. The van der Waals surface area contributed by atoms with Crippen molar-refractivity contribution in [1.29, 1.82) is 5.26 Å². The fourth-order valence-corrected chi connectivity index (χ4v) is 3.81. The molecule has 0 radical (unpaired) electrons. The third-order valence-corrected chi connectivity index (χ3v) is 5.76. The quantitative estimate of drug-likeness (QED) is 0.542. The molecule has 1 aromatic carbocycles. The molecule has 0 bridgehead atoms. The third kappa shape index (κ3) is 7.74. The van der Waals surface area contributed by atoms with Crippen LogP contribution in [0.2, 0.25) is 0 Å². The monoisotopic (exact) mass is 420 g/mol. The number of likely N-dealkylation sites (tertiary alicyclic amines) is 1. The average Bonchev–Trinajstić information content (AvgIpc) is 2.74. The summed E-state index contributed by atoms with van der Waals surface area (Å²) in [4.78, 5) is 11.7. The molecular formula is C27H40N4. The molecule has 4 nitrogen and oxygen atoms in total. The molecule has 1 saturated heterocycles. The van der Waals surface area contributed by atoms with Crippen LogP contribution in [0.15, 0.2) is 30.6 Å². The first-order chi connectivity index (χ1) is 14.7. The van der Waals surface area contributed by atoms with Gasteiger partial charge in [0.15, 0.2) is 5.82 Å². The highest BCUT2D eigenvalue weighted by molar-refractivity contribution is 5.65. The smallest absolute Gasteiger partial charge is 0.160 e. The molecule has 0 atom stereocenters. The molecule has 2 aromatic rings. The molecule has 0 N–H and O–H groups in total. The molecule has 0 saturated carbocycles. The van der Waals surface area contributed by atoms with Gasteiger partial charge in [0.1, 0.15) is 0 Å². The van der Waals surface area contributed by atoms with Gasteiger partial charge in [-0.3, -0.25) is 4.90 Å². The predicted molar refractivity (Wildman–Crippen MR) is 130 cm³/mol. The number of piperidine rings is 1. The molecule has 1 aliphatic heterocycles. The zero-order chi connectivity index (χ0) is 23.0. The Bertz CT molecular complexity index is 836. The Morgan fingerprint density at radius 1 is 1.00 bits per heavy atom. The van der Waals surface area contributed by atoms with Crippen molar-refractivity contribution in [1.82, 2.24) is 14.9 Å². The molecule has 31 heavy (non-hydrogen) atoms. The summed E-state index contributed by atoms with van der Waals surface area (Å²) in [5.41, 5.74) is 3.79. The van der Waals surface area contributed by atoms with Crippen LogP contribution in [0.5, 0.6) is 0 Å². The van der Waals surface area contributed by atoms with Crippen LogP contribution in [-0.2, 0) is 6.54 Å². The van der Waals surface area contributed by atoms with E-state index < -0.39 is 0 Å². The van der Waals surface area contributed by atoms with Gasteiger partial charge in [-0.05, 0) is 67.3 Å². The minimum absolute atomic E-state index is 0.407. The Kier molecular flexibility index (Phi) is 9.65. The van der Waals surface area contributed by atoms with Crippen molar-refractivity contribution in [2.45, 2.75) is 73.8 Å². The van der Waals surface area contributed by atoms with Crippen molar-refractivity contribution in [3.63, 3.8) is 0 Å². The Morgan fingerprint density at radius 3 is 2.06 bits per heavy atom. The number of nitrogens with zero attached hydrogens (tertiary/aromatic N) is 4. The summed E-state index contributed by atoms with van der Waals surface area (Å²) >= 11 is 0. The number of nitriles is 1. The summed E-state index contributed by atoms with van der Waals surface area (Å²) in [6, 6.07) is 8.21. The first-order valence-corrected chi connectivity index (χ1v) is 11.8. The fourth-order valence-electron chi connectivity index (χ4n) is 3.81. The lowest BCUT2D eigenvalue weighted by molar-refractivity contribution is 0.152. The van der Waals surface area contributed by atoms with Gasteiger partial charge in [0.2, 0.25) is 0 Å². The molecule has 0 unspecified atom stereocenters. The summed E-state index contributed by atoms with van der Waals surface area (Å²) in [6.07, 6.45) is 6.40. The Balaban J connectivity index is 0.000000785. The van der Waals surface area contributed by atoms with Crippen molar-refractivity contribution >= 4 is 0 Å². The van der Waals surface area contributed by atoms with E-state index in [1.807, 2.05) is 24.5 Å². The molecule has 0 amide bonds. The first-order valence-electron chi connectivity index (χ1n) is 11.8. The maximum Gasteiger partial charge on any atom is 0.160 e. The van der Waals surface area contributed by atoms with E-state index in [1.165, 1.54) is 18.4 Å². The van der Waals surface area contributed by atoms with Gasteiger partial charge < -0.3 is 0 Å². The lowest BCUT2D eigenvalue weighted by Crippen LogP contribution is -2.34. The van der Waals surface area contributed by atoms with Crippen molar-refractivity contribution in [2.75, 3.05) is 13.1 Å². The van der Waals surface area contributed by atoms with Gasteiger partial charge in [-0.15, -0.1) is 0 Å². The van der Waals surface area contributed by atoms with Gasteiger partial charge in [0.05, 0.1) is 11.6 Å². The van der Waals surface area contributed by atoms with Crippen LogP contribution in [0.4, 0.5) is 0 Å². The molecule has 1 aromatic heterocycles. The SMILES string of the molecule is CC(C)C.CC(C)c1ccc(C#N)c(-c2ncc(CN3CCC(C(C)C)CC3)cn2)c1. The summed E-state index contributed by atoms with van der Waals surface area (Å²) in [6.45, 7) is 18.7. The van der Waals surface area contributed by atoms with Gasteiger partial charge in [-0.2, -0.15) is 5.26 Å². The van der Waals surface area contributed by atoms with Crippen molar-refractivity contribution < 1.29 is 0 Å². The maximum absolute atomic E-state index is 9.43. The van der Waals surface area contributed by atoms with Gasteiger partial charge in [-0.1, -0.05) is 54.5 Å². The van der Waals surface area contributed by atoms with E-state index in [1.54, 1.807) is 0 Å². The van der Waals surface area contributed by atoms with Crippen LogP contribution in [-0.4, -0.2) is 28.0 Å². The lowest BCUT2D eigenvalue weighted by atomic mass is 9.87. The van der Waals surface area contributed by atoms with Gasteiger partial charge in [-0.25, -0.2) is 9.97 Å². The van der Waals surface area contributed by atoms with Crippen molar-refractivity contribution in [2.24, 2.45) is 17.8 Å². The molecule has 1 aliphatic rings. The summed E-state index contributed by atoms with van der Waals surface area (Å²) in [7, 11) is 0. The van der Waals surface area contributed by atoms with Crippen LogP contribution in [0, 0.1) is 29.1 Å². The van der Waals surface area contributed by atoms with Gasteiger partial charge >= 0.3 is 0 Å².